The maximum atomic E-state index is 13.3. The van der Waals surface area contributed by atoms with Gasteiger partial charge in [-0.3, -0.25) is 0 Å². The van der Waals surface area contributed by atoms with Crippen molar-refractivity contribution in [2.24, 2.45) is 0 Å². The van der Waals surface area contributed by atoms with Crippen LogP contribution < -0.4 is 10.2 Å². The highest BCUT2D eigenvalue weighted by atomic mass is 19.1. The minimum atomic E-state index is -0.210. The van der Waals surface area contributed by atoms with Gasteiger partial charge >= 0.3 is 0 Å². The topological polar surface area (TPSA) is 15.3 Å². The number of hydrogen-bond donors (Lipinski definition) is 1. The van der Waals surface area contributed by atoms with E-state index in [2.05, 4.69) is 34.5 Å². The lowest BCUT2D eigenvalue weighted by molar-refractivity contribution is 0.628. The summed E-state index contributed by atoms with van der Waals surface area (Å²) in [6, 6.07) is 13.4. The van der Waals surface area contributed by atoms with Crippen LogP contribution in [0.2, 0.25) is 0 Å². The predicted octanol–water partition coefficient (Wildman–Crippen LogP) is 3.95. The van der Waals surface area contributed by atoms with Gasteiger partial charge in [-0.2, -0.15) is 0 Å². The van der Waals surface area contributed by atoms with Crippen molar-refractivity contribution in [3.8, 4) is 0 Å². The van der Waals surface area contributed by atoms with Gasteiger partial charge in [-0.25, -0.2) is 4.39 Å². The van der Waals surface area contributed by atoms with E-state index in [0.29, 0.717) is 0 Å². The minimum Gasteiger partial charge on any atom is -0.386 e. The maximum absolute atomic E-state index is 13.3. The molecule has 2 aromatic carbocycles. The van der Waals surface area contributed by atoms with E-state index >= 15 is 0 Å². The molecule has 3 rings (SSSR count). The van der Waals surface area contributed by atoms with Gasteiger partial charge in [0.1, 0.15) is 5.82 Å². The number of nitrogens with zero attached hydrogens (tertiary/aromatic N) is 1. The number of para-hydroxylation sites is 1. The lowest BCUT2D eigenvalue weighted by Crippen LogP contribution is -2.25. The summed E-state index contributed by atoms with van der Waals surface area (Å²) < 4.78 is 13.3. The van der Waals surface area contributed by atoms with Crippen LogP contribution in [0.25, 0.3) is 0 Å². The Labute approximate surface area is 112 Å². The first kappa shape index (κ1) is 12.0. The van der Waals surface area contributed by atoms with Crippen molar-refractivity contribution in [2.45, 2.75) is 12.8 Å². The van der Waals surface area contributed by atoms with E-state index < -0.39 is 0 Å². The summed E-state index contributed by atoms with van der Waals surface area (Å²) in [5.41, 5.74) is 4.46. The first-order valence-electron chi connectivity index (χ1n) is 6.62. The molecule has 1 aliphatic heterocycles. The summed E-state index contributed by atoms with van der Waals surface area (Å²) >= 11 is 0. The van der Waals surface area contributed by atoms with Gasteiger partial charge in [0.15, 0.2) is 0 Å². The molecule has 2 nitrogen and oxygen atoms in total. The lowest BCUT2D eigenvalue weighted by Gasteiger charge is -2.32. The average Bonchev–Trinajstić information content (AvgIpc) is 2.46. The molecule has 0 bridgehead atoms. The predicted molar refractivity (Wildman–Crippen MR) is 77.7 cm³/mol. The van der Waals surface area contributed by atoms with Gasteiger partial charge in [-0.05, 0) is 42.7 Å². The molecule has 1 heterocycles. The standard InChI is InChI=1S/C16H17FN2/c1-18-14-11-13(17)8-9-16(14)19-10-4-6-12-5-2-3-7-15(12)19/h2-3,5,7-9,11,18H,4,6,10H2,1H3. The maximum Gasteiger partial charge on any atom is 0.125 e. The Kier molecular flexibility index (Phi) is 3.11. The van der Waals surface area contributed by atoms with Crippen LogP contribution in [-0.4, -0.2) is 13.6 Å². The van der Waals surface area contributed by atoms with Gasteiger partial charge in [0.05, 0.1) is 11.4 Å². The highest BCUT2D eigenvalue weighted by Crippen LogP contribution is 2.37. The molecular weight excluding hydrogens is 239 g/mol. The fourth-order valence-electron chi connectivity index (χ4n) is 2.73. The van der Waals surface area contributed by atoms with E-state index in [4.69, 9.17) is 0 Å². The molecule has 98 valence electrons. The molecule has 0 atom stereocenters. The lowest BCUT2D eigenvalue weighted by atomic mass is 10.0. The molecule has 3 heteroatoms. The van der Waals surface area contributed by atoms with E-state index in [0.717, 1.165) is 30.8 Å². The minimum absolute atomic E-state index is 0.210. The highest BCUT2D eigenvalue weighted by molar-refractivity contribution is 5.78. The first-order chi connectivity index (χ1) is 9.29. The van der Waals surface area contributed by atoms with Crippen molar-refractivity contribution in [3.63, 3.8) is 0 Å². The molecule has 0 saturated heterocycles. The zero-order valence-electron chi connectivity index (χ0n) is 11.0. The molecule has 0 saturated carbocycles. The van der Waals surface area contributed by atoms with Crippen molar-refractivity contribution < 1.29 is 4.39 Å². The molecule has 2 aromatic rings. The van der Waals surface area contributed by atoms with E-state index in [1.165, 1.54) is 17.3 Å². The van der Waals surface area contributed by atoms with Crippen LogP contribution in [0.1, 0.15) is 12.0 Å². The van der Waals surface area contributed by atoms with Crippen LogP contribution in [0.15, 0.2) is 42.5 Å². The van der Waals surface area contributed by atoms with Crippen molar-refractivity contribution in [2.75, 3.05) is 23.8 Å². The Hall–Kier alpha value is -2.03. The van der Waals surface area contributed by atoms with Crippen LogP contribution in [0, 0.1) is 5.82 Å². The number of fused-ring (bicyclic) bond motifs is 1. The Morgan fingerprint density at radius 3 is 2.79 bits per heavy atom. The summed E-state index contributed by atoms with van der Waals surface area (Å²) in [6.45, 7) is 0.970. The third kappa shape index (κ3) is 2.16. The zero-order valence-corrected chi connectivity index (χ0v) is 11.0. The van der Waals surface area contributed by atoms with Crippen LogP contribution in [0.3, 0.4) is 0 Å². The average molecular weight is 256 g/mol. The number of aryl methyl sites for hydroxylation is 1. The summed E-state index contributed by atoms with van der Waals surface area (Å²) in [5, 5.41) is 3.08. The van der Waals surface area contributed by atoms with Gasteiger partial charge < -0.3 is 10.2 Å². The molecule has 19 heavy (non-hydrogen) atoms. The SMILES string of the molecule is CNc1cc(F)ccc1N1CCCc2ccccc21. The fourth-order valence-corrected chi connectivity index (χ4v) is 2.73. The van der Waals surface area contributed by atoms with Gasteiger partial charge in [0.2, 0.25) is 0 Å². The molecular formula is C16H17FN2. The summed E-state index contributed by atoms with van der Waals surface area (Å²) in [7, 11) is 1.83. The van der Waals surface area contributed by atoms with Crippen molar-refractivity contribution >= 4 is 17.1 Å². The molecule has 0 radical (unpaired) electrons. The highest BCUT2D eigenvalue weighted by Gasteiger charge is 2.19. The molecule has 0 aliphatic carbocycles. The molecule has 0 unspecified atom stereocenters. The van der Waals surface area contributed by atoms with Crippen LogP contribution in [0.4, 0.5) is 21.5 Å². The van der Waals surface area contributed by atoms with Crippen LogP contribution in [0.5, 0.6) is 0 Å². The fraction of sp³-hybridized carbons (Fsp3) is 0.250. The summed E-state index contributed by atoms with van der Waals surface area (Å²) in [5.74, 6) is -0.210. The van der Waals surface area contributed by atoms with Gasteiger partial charge in [0.25, 0.3) is 0 Å². The van der Waals surface area contributed by atoms with Crippen LogP contribution >= 0.6 is 0 Å². The van der Waals surface area contributed by atoms with Crippen molar-refractivity contribution in [1.29, 1.82) is 0 Å². The van der Waals surface area contributed by atoms with Gasteiger partial charge in [-0.1, -0.05) is 18.2 Å². The third-order valence-corrected chi connectivity index (χ3v) is 3.63. The van der Waals surface area contributed by atoms with Crippen molar-refractivity contribution in [3.05, 3.63) is 53.8 Å². The smallest absolute Gasteiger partial charge is 0.125 e. The summed E-state index contributed by atoms with van der Waals surface area (Å²) in [6.07, 6.45) is 2.24. The Balaban J connectivity index is 2.09. The largest absolute Gasteiger partial charge is 0.386 e. The second-order valence-corrected chi connectivity index (χ2v) is 4.80. The van der Waals surface area contributed by atoms with Gasteiger partial charge in [-0.15, -0.1) is 0 Å². The number of nitrogens with one attached hydrogen (secondary N) is 1. The number of hydrogen-bond acceptors (Lipinski definition) is 2. The first-order valence-corrected chi connectivity index (χ1v) is 6.62. The van der Waals surface area contributed by atoms with Gasteiger partial charge in [0, 0.05) is 19.3 Å². The molecule has 1 aliphatic rings. The van der Waals surface area contributed by atoms with Crippen molar-refractivity contribution in [1.82, 2.24) is 0 Å². The van der Waals surface area contributed by atoms with Crippen LogP contribution in [-0.2, 0) is 6.42 Å². The molecule has 0 spiro atoms. The second kappa shape index (κ2) is 4.92. The third-order valence-electron chi connectivity index (χ3n) is 3.63. The number of rotatable bonds is 2. The number of benzene rings is 2. The van der Waals surface area contributed by atoms with E-state index in [1.54, 1.807) is 6.07 Å². The zero-order chi connectivity index (χ0) is 13.2. The van der Waals surface area contributed by atoms with E-state index in [9.17, 15) is 4.39 Å². The Morgan fingerprint density at radius 1 is 1.11 bits per heavy atom. The number of halogens is 1. The van der Waals surface area contributed by atoms with E-state index in [-0.39, 0.29) is 5.82 Å². The number of anilines is 3. The molecule has 0 aromatic heterocycles. The monoisotopic (exact) mass is 256 g/mol. The summed E-state index contributed by atoms with van der Waals surface area (Å²) in [4.78, 5) is 2.27. The molecule has 0 fully saturated rings. The molecule has 0 amide bonds. The van der Waals surface area contributed by atoms with E-state index in [1.807, 2.05) is 13.1 Å². The normalized spacial score (nSPS) is 14.1. The molecule has 1 N–H and O–H groups in total. The Bertz CT molecular complexity index is 595. The Morgan fingerprint density at radius 2 is 1.95 bits per heavy atom. The quantitative estimate of drug-likeness (QED) is 0.875. The second-order valence-electron chi connectivity index (χ2n) is 4.80.